The number of rotatable bonds is 2. The van der Waals surface area contributed by atoms with E-state index in [4.69, 9.17) is 16.9 Å². The van der Waals surface area contributed by atoms with E-state index >= 15 is 0 Å². The van der Waals surface area contributed by atoms with Crippen molar-refractivity contribution in [2.24, 2.45) is 0 Å². The Labute approximate surface area is 119 Å². The summed E-state index contributed by atoms with van der Waals surface area (Å²) in [5, 5.41) is 9.13. The van der Waals surface area contributed by atoms with Gasteiger partial charge >= 0.3 is 6.18 Å². The molecule has 102 valence electrons. The van der Waals surface area contributed by atoms with Crippen molar-refractivity contribution in [2.45, 2.75) is 12.6 Å². The maximum atomic E-state index is 12.5. The summed E-state index contributed by atoms with van der Waals surface area (Å²) in [5.74, 6) is 0. The number of hydrogen-bond donors (Lipinski definition) is 0. The summed E-state index contributed by atoms with van der Waals surface area (Å²) < 4.78 is 37.5. The summed E-state index contributed by atoms with van der Waals surface area (Å²) >= 11 is 5.95. The van der Waals surface area contributed by atoms with Crippen LogP contribution in [0.2, 0.25) is 5.02 Å². The number of halogens is 4. The Morgan fingerprint density at radius 2 is 1.65 bits per heavy atom. The monoisotopic (exact) mass is 295 g/mol. The predicted molar refractivity (Wildman–Crippen MR) is 71.2 cm³/mol. The van der Waals surface area contributed by atoms with Crippen molar-refractivity contribution >= 4 is 11.6 Å². The predicted octanol–water partition coefficient (Wildman–Crippen LogP) is 5.09. The van der Waals surface area contributed by atoms with E-state index in [0.717, 1.165) is 17.7 Å². The Kier molecular flexibility index (Phi) is 4.01. The van der Waals surface area contributed by atoms with Crippen molar-refractivity contribution in [1.29, 1.82) is 5.26 Å². The highest BCUT2D eigenvalue weighted by atomic mass is 35.5. The molecule has 2 rings (SSSR count). The molecule has 0 bridgehead atoms. The number of alkyl halides is 3. The van der Waals surface area contributed by atoms with E-state index in [1.807, 2.05) is 6.07 Å². The fourth-order valence-electron chi connectivity index (χ4n) is 1.86. The van der Waals surface area contributed by atoms with Crippen LogP contribution in [0.3, 0.4) is 0 Å². The first-order valence-electron chi connectivity index (χ1n) is 5.74. The minimum Gasteiger partial charge on any atom is -0.198 e. The minimum absolute atomic E-state index is 0.203. The van der Waals surface area contributed by atoms with E-state index in [0.29, 0.717) is 16.1 Å². The quantitative estimate of drug-likeness (QED) is 0.757. The van der Waals surface area contributed by atoms with Gasteiger partial charge in [-0.2, -0.15) is 18.4 Å². The normalized spacial score (nSPS) is 11.2. The first-order chi connectivity index (χ1) is 9.40. The van der Waals surface area contributed by atoms with Crippen LogP contribution in [-0.2, 0) is 12.6 Å². The Bertz CT molecular complexity index is 654. The van der Waals surface area contributed by atoms with Crippen molar-refractivity contribution in [3.63, 3.8) is 0 Å². The third-order valence-electron chi connectivity index (χ3n) is 2.79. The number of nitrogens with zero attached hydrogens (tertiary/aromatic N) is 1. The molecule has 0 aliphatic heterocycles. The molecule has 0 unspecified atom stereocenters. The number of nitriles is 1. The van der Waals surface area contributed by atoms with Crippen LogP contribution in [0, 0.1) is 11.3 Å². The number of benzene rings is 2. The summed E-state index contributed by atoms with van der Waals surface area (Å²) in [6.45, 7) is 0. The fourth-order valence-corrected chi connectivity index (χ4v) is 2.12. The Morgan fingerprint density at radius 1 is 1.00 bits per heavy atom. The zero-order valence-corrected chi connectivity index (χ0v) is 11.0. The second-order valence-electron chi connectivity index (χ2n) is 4.26. The third-order valence-corrected chi connectivity index (χ3v) is 3.00. The molecular formula is C15H9ClF3N. The molecule has 0 aromatic heterocycles. The first-order valence-corrected chi connectivity index (χ1v) is 6.12. The number of hydrogen-bond acceptors (Lipinski definition) is 1. The molecule has 1 nitrogen and oxygen atoms in total. The van der Waals surface area contributed by atoms with E-state index in [1.54, 1.807) is 18.2 Å². The molecule has 0 aliphatic carbocycles. The Morgan fingerprint density at radius 3 is 2.20 bits per heavy atom. The second-order valence-corrected chi connectivity index (χ2v) is 4.69. The first kappa shape index (κ1) is 14.4. The van der Waals surface area contributed by atoms with E-state index in [1.165, 1.54) is 12.1 Å². The third kappa shape index (κ3) is 3.31. The fraction of sp³-hybridized carbons (Fsp3) is 0.133. The van der Waals surface area contributed by atoms with Gasteiger partial charge < -0.3 is 0 Å². The van der Waals surface area contributed by atoms with Crippen LogP contribution in [0.5, 0.6) is 0 Å². The van der Waals surface area contributed by atoms with Crippen molar-refractivity contribution in [3.05, 3.63) is 58.6 Å². The molecule has 0 amide bonds. The van der Waals surface area contributed by atoms with Gasteiger partial charge in [-0.25, -0.2) is 0 Å². The molecule has 20 heavy (non-hydrogen) atoms. The lowest BCUT2D eigenvalue weighted by molar-refractivity contribution is -0.137. The standard InChI is InChI=1S/C15H9ClF3N/c16-14-8-10(5-6-20)7-12(9-14)11-1-3-13(4-2-11)15(17,18)19/h1-4,7-9H,5H2. The van der Waals surface area contributed by atoms with Crippen LogP contribution in [0.25, 0.3) is 11.1 Å². The molecule has 5 heteroatoms. The Hall–Kier alpha value is -1.99. The highest BCUT2D eigenvalue weighted by Gasteiger charge is 2.29. The molecule has 0 N–H and O–H groups in total. The zero-order chi connectivity index (χ0) is 14.8. The largest absolute Gasteiger partial charge is 0.416 e. The average molecular weight is 296 g/mol. The van der Waals surface area contributed by atoms with Gasteiger partial charge in [-0.1, -0.05) is 29.8 Å². The summed E-state index contributed by atoms with van der Waals surface area (Å²) in [7, 11) is 0. The van der Waals surface area contributed by atoms with Gasteiger partial charge in [-0.05, 0) is 41.0 Å². The van der Waals surface area contributed by atoms with E-state index in [9.17, 15) is 13.2 Å². The van der Waals surface area contributed by atoms with Gasteiger partial charge in [0.2, 0.25) is 0 Å². The van der Waals surface area contributed by atoms with Gasteiger partial charge in [-0.3, -0.25) is 0 Å². The van der Waals surface area contributed by atoms with Crippen LogP contribution in [0.15, 0.2) is 42.5 Å². The molecule has 0 spiro atoms. The van der Waals surface area contributed by atoms with Gasteiger partial charge in [0.15, 0.2) is 0 Å². The molecule has 0 atom stereocenters. The topological polar surface area (TPSA) is 23.8 Å². The van der Waals surface area contributed by atoms with Gasteiger partial charge in [0.25, 0.3) is 0 Å². The summed E-state index contributed by atoms with van der Waals surface area (Å²) in [5.41, 5.74) is 1.35. The lowest BCUT2D eigenvalue weighted by atomic mass is 10.0. The molecule has 2 aromatic carbocycles. The highest BCUT2D eigenvalue weighted by molar-refractivity contribution is 6.31. The summed E-state index contributed by atoms with van der Waals surface area (Å²) in [6, 6.07) is 11.9. The van der Waals surface area contributed by atoms with Crippen LogP contribution < -0.4 is 0 Å². The lowest BCUT2D eigenvalue weighted by Crippen LogP contribution is -2.04. The van der Waals surface area contributed by atoms with Crippen LogP contribution in [0.4, 0.5) is 13.2 Å². The minimum atomic E-state index is -4.35. The second kappa shape index (κ2) is 5.56. The SMILES string of the molecule is N#CCc1cc(Cl)cc(-c2ccc(C(F)(F)F)cc2)c1. The van der Waals surface area contributed by atoms with E-state index in [-0.39, 0.29) is 6.42 Å². The summed E-state index contributed by atoms with van der Waals surface area (Å²) in [4.78, 5) is 0. The molecule has 2 aromatic rings. The lowest BCUT2D eigenvalue weighted by Gasteiger charge is -2.09. The van der Waals surface area contributed by atoms with Crippen LogP contribution >= 0.6 is 11.6 Å². The van der Waals surface area contributed by atoms with Crippen molar-refractivity contribution in [3.8, 4) is 17.2 Å². The van der Waals surface area contributed by atoms with E-state index < -0.39 is 11.7 Å². The summed E-state index contributed by atoms with van der Waals surface area (Å²) in [6.07, 6.45) is -4.15. The van der Waals surface area contributed by atoms with Crippen LogP contribution in [0.1, 0.15) is 11.1 Å². The molecule has 0 radical (unpaired) electrons. The smallest absolute Gasteiger partial charge is 0.198 e. The molecule has 0 saturated heterocycles. The molecule has 0 heterocycles. The average Bonchev–Trinajstić information content (AvgIpc) is 2.37. The maximum absolute atomic E-state index is 12.5. The van der Waals surface area contributed by atoms with Gasteiger partial charge in [-0.15, -0.1) is 0 Å². The van der Waals surface area contributed by atoms with Gasteiger partial charge in [0, 0.05) is 5.02 Å². The molecule has 0 fully saturated rings. The van der Waals surface area contributed by atoms with Crippen molar-refractivity contribution in [1.82, 2.24) is 0 Å². The van der Waals surface area contributed by atoms with Crippen LogP contribution in [-0.4, -0.2) is 0 Å². The zero-order valence-electron chi connectivity index (χ0n) is 10.2. The highest BCUT2D eigenvalue weighted by Crippen LogP contribution is 2.31. The molecule has 0 aliphatic rings. The Balaban J connectivity index is 2.39. The van der Waals surface area contributed by atoms with Crippen molar-refractivity contribution in [2.75, 3.05) is 0 Å². The molecular weight excluding hydrogens is 287 g/mol. The van der Waals surface area contributed by atoms with Crippen molar-refractivity contribution < 1.29 is 13.2 Å². The van der Waals surface area contributed by atoms with Gasteiger partial charge in [0.1, 0.15) is 0 Å². The maximum Gasteiger partial charge on any atom is 0.416 e. The van der Waals surface area contributed by atoms with E-state index in [2.05, 4.69) is 0 Å². The molecule has 0 saturated carbocycles. The van der Waals surface area contributed by atoms with Gasteiger partial charge in [0.05, 0.1) is 18.1 Å².